The minimum Gasteiger partial charge on any atom is -0.396 e. The van der Waals surface area contributed by atoms with Crippen molar-refractivity contribution < 1.29 is 15.3 Å². The molecule has 0 aromatic carbocycles. The summed E-state index contributed by atoms with van der Waals surface area (Å²) in [4.78, 5) is 0. The van der Waals surface area contributed by atoms with E-state index in [0.717, 1.165) is 6.42 Å². The number of rotatable bonds is 2. The third kappa shape index (κ3) is 2.03. The zero-order chi connectivity index (χ0) is 10.0. The molecule has 1 aliphatic rings. The van der Waals surface area contributed by atoms with Crippen molar-refractivity contribution in [2.45, 2.75) is 26.4 Å². The maximum absolute atomic E-state index is 9.80. The summed E-state index contributed by atoms with van der Waals surface area (Å²) >= 11 is 0. The first-order chi connectivity index (χ1) is 6.11. The van der Waals surface area contributed by atoms with Crippen LogP contribution >= 0.6 is 0 Å². The van der Waals surface area contributed by atoms with Crippen LogP contribution in [0.3, 0.4) is 0 Å². The average Bonchev–Trinajstić information content (AvgIpc) is 2.12. The van der Waals surface area contributed by atoms with Crippen LogP contribution in [-0.2, 0) is 0 Å². The third-order valence-electron chi connectivity index (χ3n) is 3.61. The van der Waals surface area contributed by atoms with Gasteiger partial charge >= 0.3 is 0 Å². The molecule has 1 rings (SSSR count). The van der Waals surface area contributed by atoms with Crippen LogP contribution in [0.4, 0.5) is 0 Å². The Balaban J connectivity index is 2.69. The van der Waals surface area contributed by atoms with Gasteiger partial charge in [-0.15, -0.1) is 0 Å². The van der Waals surface area contributed by atoms with Gasteiger partial charge in [0.2, 0.25) is 0 Å². The molecule has 0 spiro atoms. The van der Waals surface area contributed by atoms with Crippen LogP contribution in [0.2, 0.25) is 0 Å². The molecular formula is C10H20O3. The predicted molar refractivity (Wildman–Crippen MR) is 50.1 cm³/mol. The summed E-state index contributed by atoms with van der Waals surface area (Å²) in [7, 11) is 0. The van der Waals surface area contributed by atoms with Gasteiger partial charge < -0.3 is 15.3 Å². The highest BCUT2D eigenvalue weighted by Crippen LogP contribution is 2.37. The Hall–Kier alpha value is -0.120. The van der Waals surface area contributed by atoms with Gasteiger partial charge in [0.1, 0.15) is 0 Å². The van der Waals surface area contributed by atoms with Crippen molar-refractivity contribution in [1.82, 2.24) is 0 Å². The average molecular weight is 188 g/mol. The molecule has 0 heterocycles. The molecule has 0 aromatic heterocycles. The van der Waals surface area contributed by atoms with Gasteiger partial charge in [-0.25, -0.2) is 0 Å². The number of aliphatic hydroxyl groups is 3. The van der Waals surface area contributed by atoms with Gasteiger partial charge in [0, 0.05) is 25.0 Å². The molecule has 5 atom stereocenters. The van der Waals surface area contributed by atoms with Crippen LogP contribution < -0.4 is 0 Å². The van der Waals surface area contributed by atoms with Gasteiger partial charge in [-0.2, -0.15) is 0 Å². The van der Waals surface area contributed by atoms with Crippen LogP contribution in [0.5, 0.6) is 0 Å². The molecule has 3 nitrogen and oxygen atoms in total. The monoisotopic (exact) mass is 188 g/mol. The van der Waals surface area contributed by atoms with E-state index < -0.39 is 6.10 Å². The molecule has 3 heteroatoms. The maximum Gasteiger partial charge on any atom is 0.0643 e. The molecular weight excluding hydrogens is 168 g/mol. The molecule has 78 valence electrons. The second kappa shape index (κ2) is 4.40. The minimum absolute atomic E-state index is 0.0170. The molecule has 1 fully saturated rings. The highest BCUT2D eigenvalue weighted by atomic mass is 16.3. The minimum atomic E-state index is -0.541. The van der Waals surface area contributed by atoms with Crippen molar-refractivity contribution in [2.75, 3.05) is 13.2 Å². The molecule has 0 amide bonds. The Morgan fingerprint density at radius 3 is 2.23 bits per heavy atom. The molecule has 1 aliphatic carbocycles. The van der Waals surface area contributed by atoms with Crippen LogP contribution in [0, 0.1) is 23.7 Å². The zero-order valence-electron chi connectivity index (χ0n) is 8.35. The van der Waals surface area contributed by atoms with Gasteiger partial charge in [-0.1, -0.05) is 13.8 Å². The normalized spacial score (nSPS) is 46.4. The largest absolute Gasteiger partial charge is 0.396 e. The molecule has 0 bridgehead atoms. The van der Waals surface area contributed by atoms with E-state index in [1.165, 1.54) is 0 Å². The van der Waals surface area contributed by atoms with Crippen molar-refractivity contribution in [3.63, 3.8) is 0 Å². The molecule has 3 N–H and O–H groups in total. The van der Waals surface area contributed by atoms with Crippen LogP contribution in [0.15, 0.2) is 0 Å². The van der Waals surface area contributed by atoms with Gasteiger partial charge in [0.25, 0.3) is 0 Å². The van der Waals surface area contributed by atoms with Crippen LogP contribution in [0.1, 0.15) is 20.3 Å². The first kappa shape index (κ1) is 11.0. The molecule has 0 aromatic rings. The van der Waals surface area contributed by atoms with Crippen LogP contribution in [-0.4, -0.2) is 34.6 Å². The summed E-state index contributed by atoms with van der Waals surface area (Å²) in [5, 5.41) is 28.0. The molecule has 1 saturated carbocycles. The fourth-order valence-electron chi connectivity index (χ4n) is 2.37. The van der Waals surface area contributed by atoms with E-state index in [4.69, 9.17) is 10.2 Å². The van der Waals surface area contributed by atoms with E-state index in [1.54, 1.807) is 0 Å². The molecule has 0 aliphatic heterocycles. The summed E-state index contributed by atoms with van der Waals surface area (Å²) in [6.45, 7) is 4.21. The lowest BCUT2D eigenvalue weighted by atomic mass is 9.68. The molecule has 0 radical (unpaired) electrons. The smallest absolute Gasteiger partial charge is 0.0643 e. The van der Waals surface area contributed by atoms with E-state index in [1.807, 2.05) is 0 Å². The Morgan fingerprint density at radius 2 is 1.77 bits per heavy atom. The topological polar surface area (TPSA) is 60.7 Å². The lowest BCUT2D eigenvalue weighted by molar-refractivity contribution is -0.0694. The highest BCUT2D eigenvalue weighted by molar-refractivity contribution is 4.88. The van der Waals surface area contributed by atoms with E-state index in [0.29, 0.717) is 11.8 Å². The Kier molecular flexibility index (Phi) is 3.71. The Bertz CT molecular complexity index is 160. The van der Waals surface area contributed by atoms with Gasteiger partial charge in [-0.3, -0.25) is 0 Å². The second-order valence-electron chi connectivity index (χ2n) is 4.35. The first-order valence-corrected chi connectivity index (χ1v) is 5.01. The Morgan fingerprint density at radius 1 is 1.15 bits per heavy atom. The van der Waals surface area contributed by atoms with Gasteiger partial charge in [-0.05, 0) is 18.3 Å². The summed E-state index contributed by atoms with van der Waals surface area (Å²) in [5.41, 5.74) is 0. The standard InChI is InChI=1S/C10H20O3/c1-6-3-8(4-11)10(13)9(5-12)7(6)2/h6-13H,3-5H2,1-2H3/t6?,7-,8?,9?,10+/m0/s1. The van der Waals surface area contributed by atoms with E-state index in [2.05, 4.69) is 13.8 Å². The van der Waals surface area contributed by atoms with Crippen molar-refractivity contribution >= 4 is 0 Å². The molecule has 3 unspecified atom stereocenters. The highest BCUT2D eigenvalue weighted by Gasteiger charge is 2.39. The zero-order valence-corrected chi connectivity index (χ0v) is 8.35. The van der Waals surface area contributed by atoms with Gasteiger partial charge in [0.15, 0.2) is 0 Å². The maximum atomic E-state index is 9.80. The fourth-order valence-corrected chi connectivity index (χ4v) is 2.37. The van der Waals surface area contributed by atoms with Gasteiger partial charge in [0.05, 0.1) is 6.10 Å². The van der Waals surface area contributed by atoms with Crippen molar-refractivity contribution in [3.05, 3.63) is 0 Å². The molecule has 0 saturated heterocycles. The summed E-state index contributed by atoms with van der Waals surface area (Å²) in [5.74, 6) is 0.685. The second-order valence-corrected chi connectivity index (χ2v) is 4.35. The quantitative estimate of drug-likeness (QED) is 0.582. The van der Waals surface area contributed by atoms with Crippen molar-refractivity contribution in [3.8, 4) is 0 Å². The number of aliphatic hydroxyl groups excluding tert-OH is 3. The fraction of sp³-hybridized carbons (Fsp3) is 1.00. The number of hydrogen-bond donors (Lipinski definition) is 3. The summed E-state index contributed by atoms with van der Waals surface area (Å²) < 4.78 is 0. The predicted octanol–water partition coefficient (Wildman–Crippen LogP) is 0.240. The lowest BCUT2D eigenvalue weighted by Gasteiger charge is -2.41. The number of hydrogen-bond acceptors (Lipinski definition) is 3. The first-order valence-electron chi connectivity index (χ1n) is 5.01. The van der Waals surface area contributed by atoms with E-state index in [-0.39, 0.29) is 25.0 Å². The van der Waals surface area contributed by atoms with Crippen LogP contribution in [0.25, 0.3) is 0 Å². The summed E-state index contributed by atoms with van der Waals surface area (Å²) in [6.07, 6.45) is 0.316. The van der Waals surface area contributed by atoms with E-state index >= 15 is 0 Å². The molecule has 13 heavy (non-hydrogen) atoms. The summed E-state index contributed by atoms with van der Waals surface area (Å²) in [6, 6.07) is 0. The lowest BCUT2D eigenvalue weighted by Crippen LogP contribution is -2.45. The SMILES string of the molecule is CC1CC(CO)[C@@H](O)C(CO)[C@H]1C. The van der Waals surface area contributed by atoms with E-state index in [9.17, 15) is 5.11 Å². The third-order valence-corrected chi connectivity index (χ3v) is 3.61. The van der Waals surface area contributed by atoms with Crippen molar-refractivity contribution in [2.24, 2.45) is 23.7 Å². The van der Waals surface area contributed by atoms with Crippen molar-refractivity contribution in [1.29, 1.82) is 0 Å². The Labute approximate surface area is 79.4 Å².